The van der Waals surface area contributed by atoms with Gasteiger partial charge in [-0.1, -0.05) is 25.5 Å². The summed E-state index contributed by atoms with van der Waals surface area (Å²) in [7, 11) is 1.55. The second-order valence-electron chi connectivity index (χ2n) is 14.2. The minimum Gasteiger partial charge on any atom is -0.496 e. The van der Waals surface area contributed by atoms with Crippen LogP contribution in [0.1, 0.15) is 112 Å². The molecule has 0 N–H and O–H groups in total. The van der Waals surface area contributed by atoms with E-state index in [0.29, 0.717) is 35.3 Å². The topological polar surface area (TPSA) is 82.1 Å². The van der Waals surface area contributed by atoms with E-state index in [1.54, 1.807) is 70.9 Å². The van der Waals surface area contributed by atoms with Crippen LogP contribution in [0.3, 0.4) is 0 Å². The van der Waals surface area contributed by atoms with Crippen LogP contribution < -0.4 is 4.74 Å². The first-order chi connectivity index (χ1) is 21.3. The molecule has 2 aromatic rings. The van der Waals surface area contributed by atoms with Crippen LogP contribution in [0.15, 0.2) is 42.0 Å². The number of nitrogens with zero attached hydrogens (tertiary/aromatic N) is 1. The molecule has 2 aliphatic rings. The highest BCUT2D eigenvalue weighted by atomic mass is 19.4. The summed E-state index contributed by atoms with van der Waals surface area (Å²) in [6, 6.07) is 8.41. The molecule has 0 spiro atoms. The predicted molar refractivity (Wildman–Crippen MR) is 169 cm³/mol. The Morgan fingerprint density at radius 3 is 2.39 bits per heavy atom. The number of allylic oxidation sites excluding steroid dienone is 1. The van der Waals surface area contributed by atoms with Gasteiger partial charge in [-0.05, 0) is 106 Å². The molecule has 1 heterocycles. The van der Waals surface area contributed by atoms with Crippen molar-refractivity contribution in [3.05, 3.63) is 69.8 Å². The number of cyclic esters (lactones) is 1. The van der Waals surface area contributed by atoms with Crippen molar-refractivity contribution in [2.75, 3.05) is 13.7 Å². The number of amides is 1. The summed E-state index contributed by atoms with van der Waals surface area (Å²) in [6.07, 6.45) is -3.85. The third-order valence-corrected chi connectivity index (χ3v) is 8.50. The molecular formula is C36H44F3NO6. The molecule has 1 aliphatic heterocycles. The highest BCUT2D eigenvalue weighted by Crippen LogP contribution is 2.46. The molecule has 0 saturated carbocycles. The van der Waals surface area contributed by atoms with Crippen LogP contribution >= 0.6 is 0 Å². The van der Waals surface area contributed by atoms with Crippen LogP contribution in [0.25, 0.3) is 5.57 Å². The average Bonchev–Trinajstić information content (AvgIpc) is 3.22. The maximum atomic E-state index is 13.6. The van der Waals surface area contributed by atoms with E-state index in [-0.39, 0.29) is 30.6 Å². The number of alkyl halides is 3. The van der Waals surface area contributed by atoms with E-state index in [0.717, 1.165) is 35.3 Å². The van der Waals surface area contributed by atoms with E-state index >= 15 is 0 Å². The maximum absolute atomic E-state index is 13.6. The Bertz CT molecular complexity index is 1540. The van der Waals surface area contributed by atoms with E-state index in [1.165, 1.54) is 0 Å². The van der Waals surface area contributed by atoms with Crippen LogP contribution in [0.5, 0.6) is 5.75 Å². The lowest BCUT2D eigenvalue weighted by Crippen LogP contribution is -2.35. The lowest BCUT2D eigenvalue weighted by Gasteiger charge is -2.36. The van der Waals surface area contributed by atoms with E-state index < -0.39 is 41.5 Å². The maximum Gasteiger partial charge on any atom is 0.416 e. The summed E-state index contributed by atoms with van der Waals surface area (Å²) in [5.74, 6) is -0.0754. The summed E-state index contributed by atoms with van der Waals surface area (Å²) in [6.45, 7) is 13.2. The molecule has 46 heavy (non-hydrogen) atoms. The summed E-state index contributed by atoms with van der Waals surface area (Å²) in [5.41, 5.74) is 2.33. The fourth-order valence-electron chi connectivity index (χ4n) is 6.26. The number of halogens is 3. The van der Waals surface area contributed by atoms with Gasteiger partial charge in [0, 0.05) is 24.1 Å². The summed E-state index contributed by atoms with van der Waals surface area (Å²) in [4.78, 5) is 40.2. The van der Waals surface area contributed by atoms with E-state index in [2.05, 4.69) is 13.8 Å². The molecule has 0 radical (unpaired) electrons. The molecule has 1 fully saturated rings. The van der Waals surface area contributed by atoms with Crippen molar-refractivity contribution in [3.63, 3.8) is 0 Å². The van der Waals surface area contributed by atoms with Gasteiger partial charge < -0.3 is 14.2 Å². The normalized spacial score (nSPS) is 20.1. The standard InChI is InChI=1S/C36H44F3NO6/c1-21-15-24(17-26(16-21)36(37,38)39)32-22(2)40(33(43)45-32)20-25-19-35(6,7)14-13-27(25)28-18-23(9-11-30(28)44-8)29(41)10-12-31(42)46-34(3,4)5/h9,11,15-18,22,32H,10,12-14,19-20H2,1-8H3/t22-,32-/m0/s1. The minimum absolute atomic E-state index is 0.00679. The number of hydrogen-bond donors (Lipinski definition) is 0. The molecule has 2 atom stereocenters. The zero-order valence-corrected chi connectivity index (χ0v) is 27.9. The fourth-order valence-corrected chi connectivity index (χ4v) is 6.26. The van der Waals surface area contributed by atoms with E-state index in [1.807, 2.05) is 0 Å². The van der Waals surface area contributed by atoms with Crippen LogP contribution in [-0.4, -0.2) is 48.0 Å². The number of Topliss-reactive ketones (excluding diaryl/α,β-unsaturated/α-hetero) is 1. The van der Waals surface area contributed by atoms with Gasteiger partial charge in [0.15, 0.2) is 5.78 Å². The molecule has 7 nitrogen and oxygen atoms in total. The van der Waals surface area contributed by atoms with Crippen molar-refractivity contribution < 1.29 is 41.8 Å². The number of aryl methyl sites for hydroxylation is 1. The smallest absolute Gasteiger partial charge is 0.416 e. The average molecular weight is 644 g/mol. The number of methoxy groups -OCH3 is 1. The highest BCUT2D eigenvalue weighted by molar-refractivity contribution is 5.98. The second-order valence-corrected chi connectivity index (χ2v) is 14.2. The van der Waals surface area contributed by atoms with Crippen molar-refractivity contribution in [2.45, 2.75) is 104 Å². The van der Waals surface area contributed by atoms with Gasteiger partial charge in [0.1, 0.15) is 17.5 Å². The number of benzene rings is 2. The third-order valence-electron chi connectivity index (χ3n) is 8.50. The quantitative estimate of drug-likeness (QED) is 0.201. The zero-order chi connectivity index (χ0) is 34.2. The van der Waals surface area contributed by atoms with Gasteiger partial charge in [-0.2, -0.15) is 13.2 Å². The van der Waals surface area contributed by atoms with Gasteiger partial charge in [-0.15, -0.1) is 0 Å². The molecule has 0 aromatic heterocycles. The first-order valence-electron chi connectivity index (χ1n) is 15.6. The Morgan fingerprint density at radius 1 is 1.07 bits per heavy atom. The largest absolute Gasteiger partial charge is 0.496 e. The molecule has 250 valence electrons. The Morgan fingerprint density at radius 2 is 1.76 bits per heavy atom. The highest BCUT2D eigenvalue weighted by Gasteiger charge is 2.42. The van der Waals surface area contributed by atoms with Crippen molar-refractivity contribution in [2.24, 2.45) is 5.41 Å². The number of esters is 1. The Kier molecular flexibility index (Phi) is 10.00. The van der Waals surface area contributed by atoms with Crippen molar-refractivity contribution >= 4 is 23.4 Å². The lowest BCUT2D eigenvalue weighted by molar-refractivity contribution is -0.154. The zero-order valence-electron chi connectivity index (χ0n) is 27.9. The Balaban J connectivity index is 1.65. The van der Waals surface area contributed by atoms with Gasteiger partial charge in [-0.25, -0.2) is 4.79 Å². The third kappa shape index (κ3) is 8.30. The molecular weight excluding hydrogens is 599 g/mol. The SMILES string of the molecule is COc1ccc(C(=O)CCC(=O)OC(C)(C)C)cc1C1=C(CN2C(=O)O[C@H](c3cc(C)cc(C(F)(F)F)c3)[C@@H]2C)CC(C)(C)CC1. The van der Waals surface area contributed by atoms with E-state index in [4.69, 9.17) is 14.2 Å². The van der Waals surface area contributed by atoms with Crippen LogP contribution in [-0.2, 0) is 20.4 Å². The van der Waals surface area contributed by atoms with Crippen LogP contribution in [0, 0.1) is 12.3 Å². The number of carbonyl (C=O) groups is 3. The minimum atomic E-state index is -4.52. The van der Waals surface area contributed by atoms with Crippen molar-refractivity contribution in [1.29, 1.82) is 0 Å². The van der Waals surface area contributed by atoms with Gasteiger partial charge in [0.05, 0.1) is 25.1 Å². The Hall–Kier alpha value is -3.82. The number of ketones is 1. The second kappa shape index (κ2) is 13.1. The van der Waals surface area contributed by atoms with E-state index in [9.17, 15) is 27.6 Å². The monoisotopic (exact) mass is 643 g/mol. The Labute approximate surface area is 269 Å². The van der Waals surface area contributed by atoms with Crippen LogP contribution in [0.2, 0.25) is 0 Å². The van der Waals surface area contributed by atoms with Crippen LogP contribution in [0.4, 0.5) is 18.0 Å². The number of rotatable bonds is 9. The summed E-state index contributed by atoms with van der Waals surface area (Å²) >= 11 is 0. The molecule has 2 aromatic carbocycles. The number of ether oxygens (including phenoxy) is 3. The number of carbonyl (C=O) groups excluding carboxylic acids is 3. The van der Waals surface area contributed by atoms with Gasteiger partial charge >= 0.3 is 18.2 Å². The van der Waals surface area contributed by atoms with Crippen molar-refractivity contribution in [1.82, 2.24) is 4.90 Å². The lowest BCUT2D eigenvalue weighted by atomic mass is 9.72. The molecule has 1 amide bonds. The first-order valence-corrected chi connectivity index (χ1v) is 15.6. The summed E-state index contributed by atoms with van der Waals surface area (Å²) in [5, 5.41) is 0. The predicted octanol–water partition coefficient (Wildman–Crippen LogP) is 8.87. The molecule has 10 heteroatoms. The first kappa shape index (κ1) is 35.0. The summed E-state index contributed by atoms with van der Waals surface area (Å²) < 4.78 is 57.5. The fraction of sp³-hybridized carbons (Fsp3) is 0.528. The molecule has 0 bridgehead atoms. The molecule has 1 saturated heterocycles. The van der Waals surface area contributed by atoms with Gasteiger partial charge in [0.25, 0.3) is 0 Å². The van der Waals surface area contributed by atoms with Crippen molar-refractivity contribution in [3.8, 4) is 5.75 Å². The van der Waals surface area contributed by atoms with Gasteiger partial charge in [-0.3, -0.25) is 14.5 Å². The molecule has 1 aliphatic carbocycles. The number of hydrogen-bond acceptors (Lipinski definition) is 6. The molecule has 0 unspecified atom stereocenters. The molecule has 4 rings (SSSR count). The van der Waals surface area contributed by atoms with Gasteiger partial charge in [0.2, 0.25) is 0 Å².